The van der Waals surface area contributed by atoms with Crippen molar-refractivity contribution in [3.05, 3.63) is 18.0 Å². The van der Waals surface area contributed by atoms with E-state index in [1.807, 2.05) is 6.20 Å². The van der Waals surface area contributed by atoms with Gasteiger partial charge in [-0.05, 0) is 55.9 Å². The lowest BCUT2D eigenvalue weighted by Crippen LogP contribution is -2.40. The fourth-order valence-electron chi connectivity index (χ4n) is 5.06. The van der Waals surface area contributed by atoms with E-state index in [9.17, 15) is 4.79 Å². The van der Waals surface area contributed by atoms with Crippen LogP contribution in [0.3, 0.4) is 0 Å². The molecular weight excluding hydrogens is 340 g/mol. The van der Waals surface area contributed by atoms with Gasteiger partial charge in [0.05, 0.1) is 18.3 Å². The van der Waals surface area contributed by atoms with E-state index >= 15 is 0 Å². The van der Waals surface area contributed by atoms with Crippen molar-refractivity contribution in [2.45, 2.75) is 51.2 Å². The van der Waals surface area contributed by atoms with Gasteiger partial charge < -0.3 is 14.5 Å². The molecule has 6 heteroatoms. The Kier molecular flexibility index (Phi) is 5.55. The van der Waals surface area contributed by atoms with Crippen LogP contribution in [0.1, 0.15) is 43.7 Å². The Bertz CT molecular complexity index is 654. The first-order valence-electron chi connectivity index (χ1n) is 10.5. The van der Waals surface area contributed by atoms with Gasteiger partial charge in [0, 0.05) is 39.9 Å². The molecule has 2 saturated carbocycles. The second-order valence-electron chi connectivity index (χ2n) is 9.21. The van der Waals surface area contributed by atoms with E-state index in [1.165, 1.54) is 44.5 Å². The van der Waals surface area contributed by atoms with Gasteiger partial charge in [-0.2, -0.15) is 5.10 Å². The molecule has 0 spiro atoms. The van der Waals surface area contributed by atoms with Crippen LogP contribution < -0.4 is 0 Å². The number of fused-ring (bicyclic) bond motifs is 1. The number of rotatable bonds is 6. The van der Waals surface area contributed by atoms with Crippen LogP contribution in [0.15, 0.2) is 12.4 Å². The van der Waals surface area contributed by atoms with E-state index in [1.54, 1.807) is 19.0 Å². The molecule has 6 nitrogen and oxygen atoms in total. The molecular formula is C21H34N4O2. The van der Waals surface area contributed by atoms with Crippen LogP contribution in [-0.4, -0.2) is 71.9 Å². The van der Waals surface area contributed by atoms with Crippen molar-refractivity contribution < 1.29 is 9.53 Å². The smallest absolute Gasteiger partial charge is 0.248 e. The average molecular weight is 375 g/mol. The van der Waals surface area contributed by atoms with Gasteiger partial charge in [0.25, 0.3) is 0 Å². The molecule has 1 saturated heterocycles. The number of nitrogens with zero attached hydrogens (tertiary/aromatic N) is 4. The van der Waals surface area contributed by atoms with Gasteiger partial charge in [0.1, 0.15) is 6.61 Å². The minimum absolute atomic E-state index is 0.0329. The highest BCUT2D eigenvalue weighted by Crippen LogP contribution is 2.43. The number of carbonyl (C=O) groups excluding carboxylic acids is 1. The molecule has 0 bridgehead atoms. The number of carbonyl (C=O) groups is 1. The zero-order valence-electron chi connectivity index (χ0n) is 17.0. The van der Waals surface area contributed by atoms with Gasteiger partial charge in [-0.25, -0.2) is 0 Å². The van der Waals surface area contributed by atoms with E-state index in [-0.39, 0.29) is 24.7 Å². The Morgan fingerprint density at radius 3 is 2.59 bits per heavy atom. The predicted octanol–water partition coefficient (Wildman–Crippen LogP) is 2.35. The number of hydrogen-bond acceptors (Lipinski definition) is 4. The Labute approximate surface area is 162 Å². The molecule has 150 valence electrons. The van der Waals surface area contributed by atoms with Gasteiger partial charge in [-0.1, -0.05) is 6.42 Å². The summed E-state index contributed by atoms with van der Waals surface area (Å²) in [6, 6.07) is 0.235. The van der Waals surface area contributed by atoms with Crippen molar-refractivity contribution in [3.8, 4) is 0 Å². The number of likely N-dealkylation sites (N-methyl/N-ethyl adjacent to an activating group) is 1. The van der Waals surface area contributed by atoms with Crippen LogP contribution in [0.5, 0.6) is 0 Å². The standard InChI is InChI=1S/C21H34N4O2/c1-15-9-22-25(10-15)19-7-17-12-24(11-16-5-4-6-16)13-18(17)8-20(19)27-14-21(26)23(2)3/h9-10,16-20H,4-8,11-14H2,1-3H3/t17-,18+,19-,20-/m0/s1. The summed E-state index contributed by atoms with van der Waals surface area (Å²) in [5.74, 6) is 2.38. The van der Waals surface area contributed by atoms with Gasteiger partial charge in [-0.3, -0.25) is 9.48 Å². The third-order valence-electron chi connectivity index (χ3n) is 6.89. The van der Waals surface area contributed by atoms with Crippen molar-refractivity contribution in [2.75, 3.05) is 40.3 Å². The molecule has 1 aromatic heterocycles. The van der Waals surface area contributed by atoms with Crippen molar-refractivity contribution in [2.24, 2.45) is 17.8 Å². The molecule has 27 heavy (non-hydrogen) atoms. The zero-order valence-corrected chi connectivity index (χ0v) is 17.0. The maximum atomic E-state index is 12.0. The molecule has 0 aromatic carbocycles. The van der Waals surface area contributed by atoms with Crippen LogP contribution in [0.2, 0.25) is 0 Å². The number of hydrogen-bond donors (Lipinski definition) is 0. The molecule has 3 fully saturated rings. The van der Waals surface area contributed by atoms with E-state index in [0.29, 0.717) is 5.92 Å². The lowest BCUT2D eigenvalue weighted by atomic mass is 9.77. The second-order valence-corrected chi connectivity index (χ2v) is 9.21. The summed E-state index contributed by atoms with van der Waals surface area (Å²) in [6.45, 7) is 5.95. The quantitative estimate of drug-likeness (QED) is 0.767. The molecule has 1 amide bonds. The normalized spacial score (nSPS) is 31.5. The van der Waals surface area contributed by atoms with Gasteiger partial charge in [0.2, 0.25) is 5.91 Å². The minimum Gasteiger partial charge on any atom is -0.366 e. The molecule has 2 aliphatic carbocycles. The van der Waals surface area contributed by atoms with Gasteiger partial charge in [0.15, 0.2) is 0 Å². The van der Waals surface area contributed by atoms with Crippen LogP contribution >= 0.6 is 0 Å². The van der Waals surface area contributed by atoms with E-state index in [0.717, 1.165) is 24.7 Å². The molecule has 3 aliphatic rings. The van der Waals surface area contributed by atoms with E-state index in [2.05, 4.69) is 27.8 Å². The zero-order chi connectivity index (χ0) is 19.0. The highest BCUT2D eigenvalue weighted by molar-refractivity contribution is 5.76. The monoisotopic (exact) mass is 374 g/mol. The van der Waals surface area contributed by atoms with Crippen LogP contribution in [0.25, 0.3) is 0 Å². The van der Waals surface area contributed by atoms with Gasteiger partial charge in [-0.15, -0.1) is 0 Å². The van der Waals surface area contributed by atoms with E-state index in [4.69, 9.17) is 4.74 Å². The maximum absolute atomic E-state index is 12.0. The topological polar surface area (TPSA) is 50.6 Å². The van der Waals surface area contributed by atoms with Crippen LogP contribution in [0.4, 0.5) is 0 Å². The molecule has 0 unspecified atom stereocenters. The minimum atomic E-state index is 0.0329. The van der Waals surface area contributed by atoms with Crippen molar-refractivity contribution in [1.29, 1.82) is 0 Å². The lowest BCUT2D eigenvalue weighted by molar-refractivity contribution is -0.138. The Balaban J connectivity index is 1.43. The number of likely N-dealkylation sites (tertiary alicyclic amines) is 1. The summed E-state index contributed by atoms with van der Waals surface area (Å²) in [7, 11) is 3.57. The van der Waals surface area contributed by atoms with Crippen molar-refractivity contribution >= 4 is 5.91 Å². The first-order valence-corrected chi connectivity index (χ1v) is 10.5. The lowest BCUT2D eigenvalue weighted by Gasteiger charge is -2.38. The Morgan fingerprint density at radius 2 is 2.00 bits per heavy atom. The summed E-state index contributed by atoms with van der Waals surface area (Å²) in [5.41, 5.74) is 1.18. The van der Waals surface area contributed by atoms with Crippen molar-refractivity contribution in [1.82, 2.24) is 19.6 Å². The third-order valence-corrected chi connectivity index (χ3v) is 6.89. The summed E-state index contributed by atoms with van der Waals surface area (Å²) >= 11 is 0. The van der Waals surface area contributed by atoms with E-state index < -0.39 is 0 Å². The summed E-state index contributed by atoms with van der Waals surface area (Å²) in [4.78, 5) is 16.3. The molecule has 1 aromatic rings. The number of ether oxygens (including phenoxy) is 1. The fraction of sp³-hybridized carbons (Fsp3) is 0.810. The summed E-state index contributed by atoms with van der Waals surface area (Å²) < 4.78 is 8.26. The largest absolute Gasteiger partial charge is 0.366 e. The van der Waals surface area contributed by atoms with Crippen LogP contribution in [0, 0.1) is 24.7 Å². The summed E-state index contributed by atoms with van der Waals surface area (Å²) in [6.07, 6.45) is 10.5. The molecule has 4 rings (SSSR count). The van der Waals surface area contributed by atoms with Crippen LogP contribution in [-0.2, 0) is 9.53 Å². The molecule has 0 radical (unpaired) electrons. The SMILES string of the molecule is Cc1cnn([C@H]2C[C@H]3CN(CC4CCC4)C[C@H]3C[C@@H]2OCC(=O)N(C)C)c1. The highest BCUT2D eigenvalue weighted by Gasteiger charge is 2.44. The first-order chi connectivity index (χ1) is 13.0. The number of amides is 1. The predicted molar refractivity (Wildman–Crippen MR) is 104 cm³/mol. The highest BCUT2D eigenvalue weighted by atomic mass is 16.5. The average Bonchev–Trinajstić information content (AvgIpc) is 3.20. The Morgan fingerprint density at radius 1 is 1.26 bits per heavy atom. The third kappa shape index (κ3) is 4.21. The maximum Gasteiger partial charge on any atom is 0.248 e. The van der Waals surface area contributed by atoms with Crippen molar-refractivity contribution in [3.63, 3.8) is 0 Å². The summed E-state index contributed by atoms with van der Waals surface area (Å²) in [5, 5.41) is 4.58. The Hall–Kier alpha value is -1.40. The second kappa shape index (κ2) is 7.92. The number of aromatic nitrogens is 2. The molecule has 4 atom stereocenters. The molecule has 1 aliphatic heterocycles. The first kappa shape index (κ1) is 18.9. The molecule has 2 heterocycles. The van der Waals surface area contributed by atoms with Gasteiger partial charge >= 0.3 is 0 Å². The number of aryl methyl sites for hydroxylation is 1. The molecule has 0 N–H and O–H groups in total. The fourth-order valence-corrected chi connectivity index (χ4v) is 5.06.